The normalized spacial score (nSPS) is 13.6. The molecule has 4 rings (SSSR count). The number of carbonyl (C=O) groups excluding carboxylic acids is 1. The van der Waals surface area contributed by atoms with Gasteiger partial charge in [0, 0.05) is 49.8 Å². The molecular formula is C22H20N6O. The van der Waals surface area contributed by atoms with E-state index in [9.17, 15) is 4.79 Å². The van der Waals surface area contributed by atoms with Crippen molar-refractivity contribution in [1.82, 2.24) is 9.97 Å². The quantitative estimate of drug-likeness (QED) is 0.744. The van der Waals surface area contributed by atoms with Crippen LogP contribution in [0.4, 0.5) is 17.3 Å². The first-order valence-electron chi connectivity index (χ1n) is 9.41. The SMILES string of the molecule is N#Cc1ccc(NC(=O)c2ccnc(N3CCN(c4ccccn4)CC3)c2)cc1. The molecule has 3 heterocycles. The van der Waals surface area contributed by atoms with E-state index < -0.39 is 0 Å². The molecule has 0 atom stereocenters. The average Bonchev–Trinajstić information content (AvgIpc) is 2.80. The summed E-state index contributed by atoms with van der Waals surface area (Å²) < 4.78 is 0. The highest BCUT2D eigenvalue weighted by Crippen LogP contribution is 2.19. The lowest BCUT2D eigenvalue weighted by atomic mass is 10.2. The summed E-state index contributed by atoms with van der Waals surface area (Å²) in [7, 11) is 0. The summed E-state index contributed by atoms with van der Waals surface area (Å²) in [6, 6.07) is 18.3. The largest absolute Gasteiger partial charge is 0.353 e. The fourth-order valence-electron chi connectivity index (χ4n) is 3.27. The van der Waals surface area contributed by atoms with E-state index in [-0.39, 0.29) is 5.91 Å². The minimum absolute atomic E-state index is 0.203. The number of carbonyl (C=O) groups is 1. The van der Waals surface area contributed by atoms with Gasteiger partial charge in [0.05, 0.1) is 11.6 Å². The number of pyridine rings is 2. The lowest BCUT2D eigenvalue weighted by Crippen LogP contribution is -2.47. The van der Waals surface area contributed by atoms with Crippen LogP contribution in [0.5, 0.6) is 0 Å². The first kappa shape index (κ1) is 18.4. The lowest BCUT2D eigenvalue weighted by Gasteiger charge is -2.36. The monoisotopic (exact) mass is 384 g/mol. The number of nitrogens with zero attached hydrogens (tertiary/aromatic N) is 5. The average molecular weight is 384 g/mol. The van der Waals surface area contributed by atoms with E-state index in [1.807, 2.05) is 24.3 Å². The van der Waals surface area contributed by atoms with Crippen LogP contribution in [0.1, 0.15) is 15.9 Å². The first-order valence-corrected chi connectivity index (χ1v) is 9.41. The predicted molar refractivity (Wildman–Crippen MR) is 112 cm³/mol. The molecule has 0 aliphatic carbocycles. The third-order valence-electron chi connectivity index (χ3n) is 4.86. The van der Waals surface area contributed by atoms with Gasteiger partial charge in [-0.25, -0.2) is 9.97 Å². The van der Waals surface area contributed by atoms with Gasteiger partial charge in [-0.1, -0.05) is 6.07 Å². The summed E-state index contributed by atoms with van der Waals surface area (Å²) in [4.78, 5) is 25.9. The maximum absolute atomic E-state index is 12.6. The Hall–Kier alpha value is -3.92. The Morgan fingerprint density at radius 2 is 1.59 bits per heavy atom. The summed E-state index contributed by atoms with van der Waals surface area (Å²) in [5, 5.41) is 11.7. The summed E-state index contributed by atoms with van der Waals surface area (Å²) in [5.74, 6) is 1.57. The van der Waals surface area contributed by atoms with Gasteiger partial charge < -0.3 is 15.1 Å². The highest BCUT2D eigenvalue weighted by atomic mass is 16.1. The standard InChI is InChI=1S/C22H20N6O/c23-16-17-4-6-19(7-5-17)26-22(29)18-8-10-25-21(15-18)28-13-11-27(12-14-28)20-3-1-2-9-24-20/h1-10,15H,11-14H2,(H,26,29). The molecule has 7 nitrogen and oxygen atoms in total. The summed E-state index contributed by atoms with van der Waals surface area (Å²) >= 11 is 0. The fraction of sp³-hybridized carbons (Fsp3) is 0.182. The number of benzene rings is 1. The number of nitrogens with one attached hydrogen (secondary N) is 1. The van der Waals surface area contributed by atoms with Gasteiger partial charge in [0.15, 0.2) is 0 Å². The highest BCUT2D eigenvalue weighted by molar-refractivity contribution is 6.04. The second kappa shape index (κ2) is 8.40. The fourth-order valence-corrected chi connectivity index (χ4v) is 3.27. The van der Waals surface area contributed by atoms with Crippen molar-refractivity contribution in [3.05, 3.63) is 78.1 Å². The molecule has 3 aromatic rings. The van der Waals surface area contributed by atoms with Crippen LogP contribution in [-0.4, -0.2) is 42.1 Å². The number of rotatable bonds is 4. The molecule has 0 saturated carbocycles. The van der Waals surface area contributed by atoms with Crippen LogP contribution >= 0.6 is 0 Å². The molecule has 1 aliphatic rings. The summed E-state index contributed by atoms with van der Waals surface area (Å²) in [5.41, 5.74) is 1.75. The number of aromatic nitrogens is 2. The van der Waals surface area contributed by atoms with E-state index in [0.29, 0.717) is 16.8 Å². The van der Waals surface area contributed by atoms with E-state index in [0.717, 1.165) is 37.8 Å². The molecule has 144 valence electrons. The van der Waals surface area contributed by atoms with E-state index in [1.54, 1.807) is 42.7 Å². The molecule has 1 amide bonds. The van der Waals surface area contributed by atoms with Crippen LogP contribution < -0.4 is 15.1 Å². The van der Waals surface area contributed by atoms with Gasteiger partial charge in [0.25, 0.3) is 5.91 Å². The Kier molecular flexibility index (Phi) is 5.34. The summed E-state index contributed by atoms with van der Waals surface area (Å²) in [6.07, 6.45) is 3.47. The zero-order chi connectivity index (χ0) is 20.1. The second-order valence-corrected chi connectivity index (χ2v) is 6.71. The third-order valence-corrected chi connectivity index (χ3v) is 4.86. The van der Waals surface area contributed by atoms with Gasteiger partial charge in [-0.15, -0.1) is 0 Å². The van der Waals surface area contributed by atoms with Gasteiger partial charge in [0.2, 0.25) is 0 Å². The lowest BCUT2D eigenvalue weighted by molar-refractivity contribution is 0.102. The number of hydrogen-bond donors (Lipinski definition) is 1. The molecule has 7 heteroatoms. The molecule has 1 aromatic carbocycles. The minimum atomic E-state index is -0.203. The number of amides is 1. The molecule has 1 aliphatic heterocycles. The smallest absolute Gasteiger partial charge is 0.255 e. The van der Waals surface area contributed by atoms with Crippen molar-refractivity contribution in [3.63, 3.8) is 0 Å². The maximum Gasteiger partial charge on any atom is 0.255 e. The molecule has 0 bridgehead atoms. The Morgan fingerprint density at radius 1 is 0.897 bits per heavy atom. The molecule has 1 saturated heterocycles. The van der Waals surface area contributed by atoms with Crippen molar-refractivity contribution < 1.29 is 4.79 Å². The van der Waals surface area contributed by atoms with Crippen LogP contribution in [0.15, 0.2) is 67.0 Å². The highest BCUT2D eigenvalue weighted by Gasteiger charge is 2.19. The number of piperazine rings is 1. The van der Waals surface area contributed by atoms with Crippen molar-refractivity contribution in [2.75, 3.05) is 41.3 Å². The van der Waals surface area contributed by atoms with Gasteiger partial charge in [-0.2, -0.15) is 5.26 Å². The maximum atomic E-state index is 12.6. The van der Waals surface area contributed by atoms with Gasteiger partial charge in [-0.05, 0) is 48.5 Å². The number of anilines is 3. The van der Waals surface area contributed by atoms with Gasteiger partial charge in [-0.3, -0.25) is 4.79 Å². The number of hydrogen-bond acceptors (Lipinski definition) is 6. The minimum Gasteiger partial charge on any atom is -0.353 e. The van der Waals surface area contributed by atoms with Crippen LogP contribution in [0, 0.1) is 11.3 Å². The molecule has 0 radical (unpaired) electrons. The molecule has 29 heavy (non-hydrogen) atoms. The van der Waals surface area contributed by atoms with Crippen molar-refractivity contribution in [2.24, 2.45) is 0 Å². The van der Waals surface area contributed by atoms with Crippen LogP contribution in [0.25, 0.3) is 0 Å². The molecular weight excluding hydrogens is 364 g/mol. The van der Waals surface area contributed by atoms with E-state index >= 15 is 0 Å². The van der Waals surface area contributed by atoms with Crippen molar-refractivity contribution >= 4 is 23.2 Å². The van der Waals surface area contributed by atoms with Gasteiger partial charge >= 0.3 is 0 Å². The molecule has 2 aromatic heterocycles. The predicted octanol–water partition coefficient (Wildman–Crippen LogP) is 2.93. The van der Waals surface area contributed by atoms with Crippen molar-refractivity contribution in [1.29, 1.82) is 5.26 Å². The topological polar surface area (TPSA) is 85.1 Å². The van der Waals surface area contributed by atoms with Crippen LogP contribution in [-0.2, 0) is 0 Å². The van der Waals surface area contributed by atoms with Crippen LogP contribution in [0.2, 0.25) is 0 Å². The number of nitriles is 1. The Bertz CT molecular complexity index is 1020. The second-order valence-electron chi connectivity index (χ2n) is 6.71. The molecule has 1 N–H and O–H groups in total. The Labute approximate surface area is 169 Å². The van der Waals surface area contributed by atoms with Crippen molar-refractivity contribution in [3.8, 4) is 6.07 Å². The summed E-state index contributed by atoms with van der Waals surface area (Å²) in [6.45, 7) is 3.31. The van der Waals surface area contributed by atoms with Crippen LogP contribution in [0.3, 0.4) is 0 Å². The van der Waals surface area contributed by atoms with Crippen molar-refractivity contribution in [2.45, 2.75) is 0 Å². The van der Waals surface area contributed by atoms with E-state index in [2.05, 4.69) is 31.2 Å². The van der Waals surface area contributed by atoms with Gasteiger partial charge in [0.1, 0.15) is 11.6 Å². The molecule has 0 spiro atoms. The first-order chi connectivity index (χ1) is 14.2. The molecule has 1 fully saturated rings. The zero-order valence-electron chi connectivity index (χ0n) is 15.8. The Morgan fingerprint density at radius 3 is 2.24 bits per heavy atom. The molecule has 0 unspecified atom stereocenters. The van der Waals surface area contributed by atoms with E-state index in [4.69, 9.17) is 5.26 Å². The Balaban J connectivity index is 1.41. The third kappa shape index (κ3) is 4.33. The zero-order valence-corrected chi connectivity index (χ0v) is 15.8. The van der Waals surface area contributed by atoms with E-state index in [1.165, 1.54) is 0 Å².